The summed E-state index contributed by atoms with van der Waals surface area (Å²) in [4.78, 5) is 12.7. The molecule has 0 aliphatic heterocycles. The number of nitrogens with one attached hydrogen (secondary N) is 2. The Balaban J connectivity index is 2.17. The normalized spacial score (nSPS) is 12.6. The Hall–Kier alpha value is -1.70. The van der Waals surface area contributed by atoms with Crippen molar-refractivity contribution in [1.82, 2.24) is 4.72 Å². The molecule has 0 heterocycles. The molecule has 0 unspecified atom stereocenters. The minimum Gasteiger partial charge on any atom is -0.324 e. The van der Waals surface area contributed by atoms with Gasteiger partial charge < -0.3 is 5.32 Å². The number of sulfonamides is 1. The maximum Gasteiger partial charge on any atom is 0.242 e. The second-order valence-corrected chi connectivity index (χ2v) is 8.57. The third kappa shape index (κ3) is 4.93. The van der Waals surface area contributed by atoms with Crippen LogP contribution in [0, 0.1) is 0 Å². The number of amides is 1. The predicted octanol–water partition coefficient (Wildman–Crippen LogP) is 3.88. The summed E-state index contributed by atoms with van der Waals surface area (Å²) in [6.07, 6.45) is 1.56. The number of carbonyl (C=O) groups excluding carboxylic acids is 1. The standard InChI is InChI=1S/C19H23BrN2O3S/c1-4-14-7-6-8-15(5-2)18(14)21-19(23)13(3)22-26(24,25)17-11-9-16(20)10-12-17/h6-13,22H,4-5H2,1-3H3,(H,21,23)/t13-/m0/s1. The number of halogens is 1. The molecule has 0 aromatic heterocycles. The fraction of sp³-hybridized carbons (Fsp3) is 0.316. The smallest absolute Gasteiger partial charge is 0.242 e. The van der Waals surface area contributed by atoms with E-state index in [1.165, 1.54) is 19.1 Å². The lowest BCUT2D eigenvalue weighted by molar-refractivity contribution is -0.117. The fourth-order valence-electron chi connectivity index (χ4n) is 2.60. The third-order valence-electron chi connectivity index (χ3n) is 4.10. The molecule has 1 atom stereocenters. The molecule has 0 aliphatic rings. The van der Waals surface area contributed by atoms with E-state index >= 15 is 0 Å². The van der Waals surface area contributed by atoms with Crippen molar-refractivity contribution in [2.24, 2.45) is 0 Å². The van der Waals surface area contributed by atoms with Crippen molar-refractivity contribution in [3.05, 3.63) is 58.1 Å². The van der Waals surface area contributed by atoms with E-state index < -0.39 is 16.1 Å². The quantitative estimate of drug-likeness (QED) is 0.688. The van der Waals surface area contributed by atoms with Crippen LogP contribution >= 0.6 is 15.9 Å². The van der Waals surface area contributed by atoms with E-state index in [1.54, 1.807) is 12.1 Å². The van der Waals surface area contributed by atoms with Gasteiger partial charge in [-0.3, -0.25) is 4.79 Å². The molecule has 0 fully saturated rings. The van der Waals surface area contributed by atoms with Gasteiger partial charge in [-0.1, -0.05) is 48.0 Å². The summed E-state index contributed by atoms with van der Waals surface area (Å²) in [7, 11) is -3.78. The number of aryl methyl sites for hydroxylation is 2. The van der Waals surface area contributed by atoms with Crippen LogP contribution in [0.1, 0.15) is 31.9 Å². The van der Waals surface area contributed by atoms with E-state index in [-0.39, 0.29) is 10.8 Å². The van der Waals surface area contributed by atoms with Crippen molar-refractivity contribution in [3.8, 4) is 0 Å². The molecule has 0 bridgehead atoms. The third-order valence-corrected chi connectivity index (χ3v) is 6.18. The molecule has 2 aromatic rings. The van der Waals surface area contributed by atoms with Crippen LogP contribution in [0.5, 0.6) is 0 Å². The van der Waals surface area contributed by atoms with Gasteiger partial charge in [-0.05, 0) is 55.2 Å². The van der Waals surface area contributed by atoms with Crippen molar-refractivity contribution in [2.75, 3.05) is 5.32 Å². The molecule has 1 amide bonds. The number of hydrogen-bond acceptors (Lipinski definition) is 3. The second-order valence-electron chi connectivity index (χ2n) is 5.94. The molecule has 0 saturated carbocycles. The van der Waals surface area contributed by atoms with E-state index in [2.05, 4.69) is 26.0 Å². The van der Waals surface area contributed by atoms with Gasteiger partial charge in [0.05, 0.1) is 10.9 Å². The maximum atomic E-state index is 12.6. The van der Waals surface area contributed by atoms with Crippen molar-refractivity contribution >= 4 is 37.5 Å². The lowest BCUT2D eigenvalue weighted by atomic mass is 10.0. The van der Waals surface area contributed by atoms with Gasteiger partial charge in [-0.15, -0.1) is 0 Å². The summed E-state index contributed by atoms with van der Waals surface area (Å²) in [6.45, 7) is 5.57. The van der Waals surface area contributed by atoms with Crippen LogP contribution in [0.2, 0.25) is 0 Å². The van der Waals surface area contributed by atoms with Crippen molar-refractivity contribution in [1.29, 1.82) is 0 Å². The molecule has 5 nitrogen and oxygen atoms in total. The first-order valence-corrected chi connectivity index (χ1v) is 10.8. The van der Waals surface area contributed by atoms with Crippen LogP contribution in [0.4, 0.5) is 5.69 Å². The summed E-state index contributed by atoms with van der Waals surface area (Å²) in [5, 5.41) is 2.89. The summed E-state index contributed by atoms with van der Waals surface area (Å²) in [5.41, 5.74) is 2.83. The number of carbonyl (C=O) groups is 1. The van der Waals surface area contributed by atoms with E-state index in [1.807, 2.05) is 32.0 Å². The molecular weight excluding hydrogens is 416 g/mol. The summed E-state index contributed by atoms with van der Waals surface area (Å²) in [5.74, 6) is -0.388. The summed E-state index contributed by atoms with van der Waals surface area (Å²) in [6, 6.07) is 11.2. The Morgan fingerprint density at radius 1 is 1.04 bits per heavy atom. The second kappa shape index (κ2) is 8.79. The van der Waals surface area contributed by atoms with Gasteiger partial charge in [0.25, 0.3) is 0 Å². The summed E-state index contributed by atoms with van der Waals surface area (Å²) >= 11 is 3.27. The zero-order valence-corrected chi connectivity index (χ0v) is 17.4. The molecule has 7 heteroatoms. The first-order valence-electron chi connectivity index (χ1n) is 8.48. The molecule has 0 saturated heterocycles. The lowest BCUT2D eigenvalue weighted by Gasteiger charge is -2.18. The molecule has 0 radical (unpaired) electrons. The van der Waals surface area contributed by atoms with Gasteiger partial charge in [0.1, 0.15) is 0 Å². The number of para-hydroxylation sites is 1. The van der Waals surface area contributed by atoms with Crippen LogP contribution in [-0.2, 0) is 27.7 Å². The highest BCUT2D eigenvalue weighted by Gasteiger charge is 2.23. The maximum absolute atomic E-state index is 12.6. The van der Waals surface area contributed by atoms with Crippen LogP contribution < -0.4 is 10.0 Å². The van der Waals surface area contributed by atoms with Gasteiger partial charge in [0.2, 0.25) is 15.9 Å². The predicted molar refractivity (Wildman–Crippen MR) is 108 cm³/mol. The van der Waals surface area contributed by atoms with Gasteiger partial charge in [0.15, 0.2) is 0 Å². The Labute approximate surface area is 163 Å². The Morgan fingerprint density at radius 3 is 2.08 bits per heavy atom. The lowest BCUT2D eigenvalue weighted by Crippen LogP contribution is -2.41. The SMILES string of the molecule is CCc1cccc(CC)c1NC(=O)[C@H](C)NS(=O)(=O)c1ccc(Br)cc1. The van der Waals surface area contributed by atoms with Crippen LogP contribution in [0.3, 0.4) is 0 Å². The fourth-order valence-corrected chi connectivity index (χ4v) is 4.07. The van der Waals surface area contributed by atoms with Gasteiger partial charge in [-0.25, -0.2) is 8.42 Å². The highest BCUT2D eigenvalue weighted by molar-refractivity contribution is 9.10. The van der Waals surface area contributed by atoms with Crippen molar-refractivity contribution < 1.29 is 13.2 Å². The largest absolute Gasteiger partial charge is 0.324 e. The van der Waals surface area contributed by atoms with Crippen molar-refractivity contribution in [2.45, 2.75) is 44.6 Å². The van der Waals surface area contributed by atoms with Gasteiger partial charge in [-0.2, -0.15) is 4.72 Å². The van der Waals surface area contributed by atoms with Crippen LogP contribution in [-0.4, -0.2) is 20.4 Å². The van der Waals surface area contributed by atoms with E-state index in [4.69, 9.17) is 0 Å². The van der Waals surface area contributed by atoms with Gasteiger partial charge in [0, 0.05) is 10.2 Å². The molecule has 0 aliphatic carbocycles. The van der Waals surface area contributed by atoms with E-state index in [0.717, 1.165) is 34.1 Å². The molecule has 140 valence electrons. The molecule has 2 rings (SSSR count). The van der Waals surface area contributed by atoms with E-state index in [9.17, 15) is 13.2 Å². The number of rotatable bonds is 7. The summed E-state index contributed by atoms with van der Waals surface area (Å²) < 4.78 is 28.1. The zero-order chi connectivity index (χ0) is 19.3. The van der Waals surface area contributed by atoms with Crippen LogP contribution in [0.15, 0.2) is 51.8 Å². The number of anilines is 1. The number of benzene rings is 2. The first-order chi connectivity index (χ1) is 12.3. The van der Waals surface area contributed by atoms with Crippen LogP contribution in [0.25, 0.3) is 0 Å². The van der Waals surface area contributed by atoms with Crippen molar-refractivity contribution in [3.63, 3.8) is 0 Å². The molecule has 2 N–H and O–H groups in total. The Bertz CT molecular complexity index is 858. The molecule has 2 aromatic carbocycles. The number of hydrogen-bond donors (Lipinski definition) is 2. The minimum absolute atomic E-state index is 0.114. The average Bonchev–Trinajstić information content (AvgIpc) is 2.61. The topological polar surface area (TPSA) is 75.3 Å². The monoisotopic (exact) mass is 438 g/mol. The average molecular weight is 439 g/mol. The zero-order valence-electron chi connectivity index (χ0n) is 15.0. The minimum atomic E-state index is -3.78. The molecular formula is C19H23BrN2O3S. The first kappa shape index (κ1) is 20.6. The van der Waals surface area contributed by atoms with E-state index in [0.29, 0.717) is 0 Å². The van der Waals surface area contributed by atoms with Gasteiger partial charge >= 0.3 is 0 Å². The highest BCUT2D eigenvalue weighted by atomic mass is 79.9. The Morgan fingerprint density at radius 2 is 1.58 bits per heavy atom. The molecule has 26 heavy (non-hydrogen) atoms. The highest BCUT2D eigenvalue weighted by Crippen LogP contribution is 2.23. The molecule has 0 spiro atoms. The Kier molecular flexibility index (Phi) is 6.97.